The Kier molecular flexibility index (Phi) is 7.30. The van der Waals surface area contributed by atoms with Gasteiger partial charge >= 0.3 is 0 Å². The second-order valence-electron chi connectivity index (χ2n) is 8.98. The average Bonchev–Trinajstić information content (AvgIpc) is 3.12. The lowest BCUT2D eigenvalue weighted by molar-refractivity contribution is -0.0172. The molecule has 1 aromatic heterocycles. The third kappa shape index (κ3) is 5.16. The summed E-state index contributed by atoms with van der Waals surface area (Å²) in [6, 6.07) is 0. The molecule has 0 amide bonds. The molecule has 8 heteroatoms. The van der Waals surface area contributed by atoms with Gasteiger partial charge in [-0.2, -0.15) is 5.10 Å². The van der Waals surface area contributed by atoms with E-state index in [2.05, 4.69) is 22.4 Å². The van der Waals surface area contributed by atoms with Crippen molar-refractivity contribution < 1.29 is 18.3 Å². The van der Waals surface area contributed by atoms with Crippen LogP contribution in [-0.4, -0.2) is 75.2 Å². The van der Waals surface area contributed by atoms with Crippen molar-refractivity contribution in [1.82, 2.24) is 20.0 Å². The lowest BCUT2D eigenvalue weighted by Gasteiger charge is -2.39. The quantitative estimate of drug-likeness (QED) is 0.638. The molecule has 1 aliphatic heterocycles. The SMILES string of the molecule is CNCCN(C)Cc1nn2c(c1C1CCC(COC)(COC)CC1)CC(F)(F)C2. The van der Waals surface area contributed by atoms with Crippen molar-refractivity contribution in [2.45, 2.75) is 57.0 Å². The molecule has 0 saturated heterocycles. The first-order valence-corrected chi connectivity index (χ1v) is 10.6. The molecule has 1 fully saturated rings. The second-order valence-corrected chi connectivity index (χ2v) is 8.98. The largest absolute Gasteiger partial charge is 0.384 e. The average molecular weight is 415 g/mol. The van der Waals surface area contributed by atoms with E-state index in [1.165, 1.54) is 0 Å². The standard InChI is InChI=1S/C21H36F2N4O2/c1-24-9-10-26(2)12-17-19(18-11-21(22,23)13-27(18)25-17)16-5-7-20(8-6-16,14-28-3)15-29-4/h16,24H,5-15H2,1-4H3. The van der Waals surface area contributed by atoms with Gasteiger partial charge in [0.15, 0.2) is 0 Å². The monoisotopic (exact) mass is 414 g/mol. The van der Waals surface area contributed by atoms with Crippen LogP contribution >= 0.6 is 0 Å². The molecule has 0 radical (unpaired) electrons. The number of hydrogen-bond acceptors (Lipinski definition) is 5. The first-order valence-electron chi connectivity index (χ1n) is 10.6. The zero-order valence-corrected chi connectivity index (χ0v) is 18.3. The third-order valence-electron chi connectivity index (χ3n) is 6.50. The minimum Gasteiger partial charge on any atom is -0.384 e. The number of likely N-dealkylation sites (N-methyl/N-ethyl adjacent to an activating group) is 2. The van der Waals surface area contributed by atoms with Gasteiger partial charge in [-0.25, -0.2) is 8.78 Å². The highest BCUT2D eigenvalue weighted by atomic mass is 19.3. The highest BCUT2D eigenvalue weighted by Crippen LogP contribution is 2.47. The Morgan fingerprint density at radius 1 is 1.21 bits per heavy atom. The van der Waals surface area contributed by atoms with Gasteiger partial charge < -0.3 is 14.8 Å². The first-order chi connectivity index (χ1) is 13.8. The van der Waals surface area contributed by atoms with E-state index in [0.717, 1.165) is 55.7 Å². The van der Waals surface area contributed by atoms with Gasteiger partial charge in [-0.3, -0.25) is 9.58 Å². The molecule has 1 aromatic rings. The second kappa shape index (κ2) is 9.37. The van der Waals surface area contributed by atoms with Crippen LogP contribution in [0.5, 0.6) is 0 Å². The Balaban J connectivity index is 1.80. The minimum atomic E-state index is -2.68. The molecule has 1 N–H and O–H groups in total. The van der Waals surface area contributed by atoms with Crippen LogP contribution < -0.4 is 5.32 Å². The van der Waals surface area contributed by atoms with Crippen molar-refractivity contribution in [3.8, 4) is 0 Å². The summed E-state index contributed by atoms with van der Waals surface area (Å²) >= 11 is 0. The van der Waals surface area contributed by atoms with Gasteiger partial charge in [-0.1, -0.05) is 0 Å². The summed E-state index contributed by atoms with van der Waals surface area (Å²) in [5.41, 5.74) is 2.85. The number of nitrogens with zero attached hydrogens (tertiary/aromatic N) is 3. The summed E-state index contributed by atoms with van der Waals surface area (Å²) in [6.45, 7) is 3.54. The van der Waals surface area contributed by atoms with Gasteiger partial charge in [0.1, 0.15) is 6.54 Å². The number of alkyl halides is 2. The van der Waals surface area contributed by atoms with Crippen molar-refractivity contribution in [3.05, 3.63) is 17.0 Å². The number of methoxy groups -OCH3 is 2. The van der Waals surface area contributed by atoms with Crippen molar-refractivity contribution >= 4 is 0 Å². The van der Waals surface area contributed by atoms with E-state index < -0.39 is 5.92 Å². The summed E-state index contributed by atoms with van der Waals surface area (Å²) in [5, 5.41) is 7.80. The summed E-state index contributed by atoms with van der Waals surface area (Å²) in [5.74, 6) is -2.40. The molecule has 166 valence electrons. The van der Waals surface area contributed by atoms with Crippen LogP contribution in [0.15, 0.2) is 0 Å². The maximum atomic E-state index is 14.1. The van der Waals surface area contributed by atoms with Crippen molar-refractivity contribution in [2.24, 2.45) is 5.41 Å². The molecule has 0 unspecified atom stereocenters. The molecule has 3 rings (SSSR count). The van der Waals surface area contributed by atoms with Gasteiger partial charge in [0.25, 0.3) is 5.92 Å². The fraction of sp³-hybridized carbons (Fsp3) is 0.857. The maximum Gasteiger partial charge on any atom is 0.272 e. The van der Waals surface area contributed by atoms with Gasteiger partial charge in [-0.05, 0) is 45.7 Å². The zero-order valence-electron chi connectivity index (χ0n) is 18.3. The highest BCUT2D eigenvalue weighted by Gasteiger charge is 2.44. The van der Waals surface area contributed by atoms with Crippen LogP contribution in [0.1, 0.15) is 48.6 Å². The summed E-state index contributed by atoms with van der Waals surface area (Å²) in [7, 11) is 7.45. The van der Waals surface area contributed by atoms with Gasteiger partial charge in [0.2, 0.25) is 0 Å². The van der Waals surface area contributed by atoms with Crippen LogP contribution in [0.4, 0.5) is 8.78 Å². The number of fused-ring (bicyclic) bond motifs is 1. The van der Waals surface area contributed by atoms with E-state index in [9.17, 15) is 8.78 Å². The van der Waals surface area contributed by atoms with E-state index in [4.69, 9.17) is 9.47 Å². The van der Waals surface area contributed by atoms with Crippen LogP contribution in [0.25, 0.3) is 0 Å². The fourth-order valence-corrected chi connectivity index (χ4v) is 5.09. The molecule has 0 aromatic carbocycles. The van der Waals surface area contributed by atoms with Gasteiger partial charge in [0.05, 0.1) is 25.3 Å². The number of rotatable bonds is 10. The molecule has 1 aliphatic carbocycles. The first kappa shape index (κ1) is 22.6. The van der Waals surface area contributed by atoms with Crippen LogP contribution in [0.3, 0.4) is 0 Å². The molecular formula is C21H36F2N4O2. The molecule has 2 aliphatic rings. The summed E-state index contributed by atoms with van der Waals surface area (Å²) in [6.07, 6.45) is 3.70. The fourth-order valence-electron chi connectivity index (χ4n) is 5.09. The van der Waals surface area contributed by atoms with E-state index in [1.54, 1.807) is 18.9 Å². The summed E-state index contributed by atoms with van der Waals surface area (Å²) < 4.78 is 40.7. The van der Waals surface area contributed by atoms with Crippen LogP contribution in [-0.2, 0) is 29.0 Å². The number of ether oxygens (including phenoxy) is 2. The number of halogens is 2. The molecule has 29 heavy (non-hydrogen) atoms. The lowest BCUT2D eigenvalue weighted by Crippen LogP contribution is -2.36. The Morgan fingerprint density at radius 3 is 2.45 bits per heavy atom. The van der Waals surface area contributed by atoms with E-state index in [1.807, 2.05) is 7.05 Å². The third-order valence-corrected chi connectivity index (χ3v) is 6.50. The number of hydrogen-bond donors (Lipinski definition) is 1. The van der Waals surface area contributed by atoms with E-state index in [0.29, 0.717) is 19.8 Å². The Hall–Kier alpha value is -1.09. The number of aromatic nitrogens is 2. The highest BCUT2D eigenvalue weighted by molar-refractivity contribution is 5.34. The summed E-state index contributed by atoms with van der Waals surface area (Å²) in [4.78, 5) is 2.21. The molecular weight excluding hydrogens is 378 g/mol. The molecule has 1 saturated carbocycles. The molecule has 0 spiro atoms. The Morgan fingerprint density at radius 2 is 1.86 bits per heavy atom. The smallest absolute Gasteiger partial charge is 0.272 e. The lowest BCUT2D eigenvalue weighted by atomic mass is 9.69. The predicted octanol–water partition coefficient (Wildman–Crippen LogP) is 2.66. The zero-order chi connectivity index (χ0) is 21.1. The van der Waals surface area contributed by atoms with Crippen molar-refractivity contribution in [3.63, 3.8) is 0 Å². The minimum absolute atomic E-state index is 0.0318. The van der Waals surface area contributed by atoms with Crippen LogP contribution in [0.2, 0.25) is 0 Å². The van der Waals surface area contributed by atoms with Gasteiger partial charge in [0, 0.05) is 50.5 Å². The van der Waals surface area contributed by atoms with Crippen LogP contribution in [0, 0.1) is 5.41 Å². The Labute approximate surface area is 172 Å². The maximum absolute atomic E-state index is 14.1. The molecule has 0 atom stereocenters. The van der Waals surface area contributed by atoms with Crippen molar-refractivity contribution in [2.75, 3.05) is 54.6 Å². The predicted molar refractivity (Wildman–Crippen MR) is 109 cm³/mol. The van der Waals surface area contributed by atoms with E-state index >= 15 is 0 Å². The van der Waals surface area contributed by atoms with E-state index in [-0.39, 0.29) is 24.3 Å². The van der Waals surface area contributed by atoms with Gasteiger partial charge in [-0.15, -0.1) is 0 Å². The topological polar surface area (TPSA) is 51.6 Å². The normalized spacial score (nSPS) is 21.1. The molecule has 0 bridgehead atoms. The Bertz CT molecular complexity index is 664. The molecule has 6 nitrogen and oxygen atoms in total. The number of nitrogens with one attached hydrogen (secondary N) is 1. The molecule has 2 heterocycles. The van der Waals surface area contributed by atoms with Crippen molar-refractivity contribution in [1.29, 1.82) is 0 Å².